The van der Waals surface area contributed by atoms with Gasteiger partial charge in [0.2, 0.25) is 11.8 Å². The van der Waals surface area contributed by atoms with E-state index in [4.69, 9.17) is 0 Å². The van der Waals surface area contributed by atoms with Gasteiger partial charge in [0.1, 0.15) is 35.6 Å². The first-order valence-corrected chi connectivity index (χ1v) is 15.1. The molecule has 0 radical (unpaired) electrons. The van der Waals surface area contributed by atoms with E-state index in [0.29, 0.717) is 29.0 Å². The zero-order valence-electron chi connectivity index (χ0n) is 25.9. The van der Waals surface area contributed by atoms with Crippen LogP contribution in [0, 0.1) is 19.3 Å². The molecule has 1 aliphatic heterocycles. The summed E-state index contributed by atoms with van der Waals surface area (Å²) in [5, 5.41) is 8.01. The highest BCUT2D eigenvalue weighted by Gasteiger charge is 2.64. The van der Waals surface area contributed by atoms with Crippen LogP contribution in [-0.4, -0.2) is 63.9 Å². The number of likely N-dealkylation sites (tertiary alicyclic amines) is 1. The van der Waals surface area contributed by atoms with E-state index in [2.05, 4.69) is 32.3 Å². The van der Waals surface area contributed by atoms with Crippen molar-refractivity contribution in [1.82, 2.24) is 34.2 Å². The molecule has 1 saturated carbocycles. The Morgan fingerprint density at radius 1 is 1.00 bits per heavy atom. The van der Waals surface area contributed by atoms with Crippen molar-refractivity contribution in [1.29, 1.82) is 0 Å². The van der Waals surface area contributed by atoms with Gasteiger partial charge in [-0.2, -0.15) is 5.10 Å². The van der Waals surface area contributed by atoms with Gasteiger partial charge in [-0.25, -0.2) is 15.0 Å². The fraction of sp³-hybridized carbons (Fsp3) is 0.294. The molecule has 232 valence electrons. The first kappa shape index (κ1) is 29.2. The fourth-order valence-electron chi connectivity index (χ4n) is 6.66. The van der Waals surface area contributed by atoms with E-state index in [0.717, 1.165) is 23.1 Å². The third-order valence-electron chi connectivity index (χ3n) is 9.09. The molecule has 0 bridgehead atoms. The molecule has 46 heavy (non-hydrogen) atoms. The van der Waals surface area contributed by atoms with Gasteiger partial charge in [-0.1, -0.05) is 13.0 Å². The predicted octanol–water partition coefficient (Wildman–Crippen LogP) is 3.88. The molecule has 12 nitrogen and oxygen atoms in total. The largest absolute Gasteiger partial charge is 0.325 e. The molecular weight excluding hydrogens is 584 g/mol. The lowest BCUT2D eigenvalue weighted by molar-refractivity contribution is -0.138. The maximum Gasteiger partial charge on any atom is 0.280 e. The second-order valence-corrected chi connectivity index (χ2v) is 12.4. The maximum atomic E-state index is 14.0. The molecule has 1 aromatic carbocycles. The molecule has 7 rings (SSSR count). The number of nitrogens with zero attached hydrogens (tertiary/aromatic N) is 7. The number of hydrogen-bond acceptors (Lipinski definition) is 8. The zero-order chi connectivity index (χ0) is 32.3. The SMILES string of the molecule is CC(=O)c1nn(CC(=O)N2[C@H](C(=O)Nc3cccn(-c4ccccn4)c3=O)C[C@@]3(C)C[C@@H]23)c2c(C)cc(-c3cnc(C)nc3)cc12. The van der Waals surface area contributed by atoms with E-state index in [-0.39, 0.29) is 41.1 Å². The molecule has 1 aliphatic carbocycles. The van der Waals surface area contributed by atoms with E-state index < -0.39 is 17.5 Å². The lowest BCUT2D eigenvalue weighted by Crippen LogP contribution is -2.47. The summed E-state index contributed by atoms with van der Waals surface area (Å²) in [6.45, 7) is 7.10. The summed E-state index contributed by atoms with van der Waals surface area (Å²) in [7, 11) is 0. The van der Waals surface area contributed by atoms with Crippen molar-refractivity contribution in [3.05, 3.63) is 94.7 Å². The van der Waals surface area contributed by atoms with Crippen molar-refractivity contribution in [2.24, 2.45) is 5.41 Å². The van der Waals surface area contributed by atoms with Gasteiger partial charge >= 0.3 is 0 Å². The van der Waals surface area contributed by atoms with Crippen molar-refractivity contribution in [2.45, 2.75) is 59.2 Å². The quantitative estimate of drug-likeness (QED) is 0.271. The molecule has 5 heterocycles. The fourth-order valence-corrected chi connectivity index (χ4v) is 6.66. The average molecular weight is 617 g/mol. The van der Waals surface area contributed by atoms with Gasteiger partial charge in [-0.15, -0.1) is 0 Å². The Morgan fingerprint density at radius 3 is 2.50 bits per heavy atom. The van der Waals surface area contributed by atoms with Crippen LogP contribution in [0.15, 0.2) is 72.0 Å². The summed E-state index contributed by atoms with van der Waals surface area (Å²) < 4.78 is 2.93. The lowest BCUT2D eigenvalue weighted by atomic mass is 10.0. The minimum atomic E-state index is -0.762. The summed E-state index contributed by atoms with van der Waals surface area (Å²) in [6.07, 6.45) is 7.92. The number of rotatable bonds is 7. The highest BCUT2D eigenvalue weighted by atomic mass is 16.2. The van der Waals surface area contributed by atoms with Crippen molar-refractivity contribution in [3.63, 3.8) is 0 Å². The third-order valence-corrected chi connectivity index (χ3v) is 9.09. The maximum absolute atomic E-state index is 14.0. The minimum Gasteiger partial charge on any atom is -0.325 e. The van der Waals surface area contributed by atoms with E-state index >= 15 is 0 Å². The van der Waals surface area contributed by atoms with Crippen LogP contribution in [-0.2, 0) is 16.1 Å². The highest BCUT2D eigenvalue weighted by Crippen LogP contribution is 2.59. The number of Topliss-reactive ketones (excluding diaryl/α,β-unsaturated/α-hetero) is 1. The van der Waals surface area contributed by atoms with Crippen LogP contribution in [0.4, 0.5) is 5.69 Å². The molecule has 2 aliphatic rings. The first-order chi connectivity index (χ1) is 22.0. The van der Waals surface area contributed by atoms with Crippen LogP contribution < -0.4 is 10.9 Å². The number of carbonyl (C=O) groups is 3. The molecule has 1 N–H and O–H groups in total. The number of amides is 2. The van der Waals surface area contributed by atoms with E-state index in [1.165, 1.54) is 11.5 Å². The number of hydrogen-bond donors (Lipinski definition) is 1. The number of piperidine rings is 1. The van der Waals surface area contributed by atoms with Gasteiger partial charge in [-0.3, -0.25) is 28.4 Å². The molecule has 5 aromatic rings. The molecule has 4 aromatic heterocycles. The Morgan fingerprint density at radius 2 is 1.78 bits per heavy atom. The van der Waals surface area contributed by atoms with Gasteiger partial charge in [0, 0.05) is 48.7 Å². The van der Waals surface area contributed by atoms with Crippen molar-refractivity contribution in [2.75, 3.05) is 5.32 Å². The lowest BCUT2D eigenvalue weighted by Gasteiger charge is -2.27. The summed E-state index contributed by atoms with van der Waals surface area (Å²) in [4.78, 5) is 68.1. The van der Waals surface area contributed by atoms with Gasteiger partial charge in [0.15, 0.2) is 5.78 Å². The molecule has 0 unspecified atom stereocenters. The average Bonchev–Trinajstić information content (AvgIpc) is 3.39. The molecule has 12 heteroatoms. The number of pyridine rings is 2. The highest BCUT2D eigenvalue weighted by molar-refractivity contribution is 6.07. The molecule has 2 amide bonds. The number of carbonyl (C=O) groups excluding carboxylic acids is 3. The van der Waals surface area contributed by atoms with Crippen molar-refractivity contribution >= 4 is 34.2 Å². The van der Waals surface area contributed by atoms with Crippen LogP contribution in [0.2, 0.25) is 0 Å². The van der Waals surface area contributed by atoms with E-state index in [1.807, 2.05) is 26.0 Å². The van der Waals surface area contributed by atoms with Gasteiger partial charge < -0.3 is 10.2 Å². The smallest absolute Gasteiger partial charge is 0.280 e. The summed E-state index contributed by atoms with van der Waals surface area (Å²) >= 11 is 0. The molecule has 3 atom stereocenters. The number of aromatic nitrogens is 6. The van der Waals surface area contributed by atoms with Gasteiger partial charge in [0.25, 0.3) is 5.56 Å². The van der Waals surface area contributed by atoms with Crippen molar-refractivity contribution < 1.29 is 14.4 Å². The predicted molar refractivity (Wildman–Crippen MR) is 170 cm³/mol. The van der Waals surface area contributed by atoms with Crippen molar-refractivity contribution in [3.8, 4) is 16.9 Å². The van der Waals surface area contributed by atoms with Crippen LogP contribution in [0.25, 0.3) is 27.8 Å². The van der Waals surface area contributed by atoms with Crippen LogP contribution in [0.1, 0.15) is 48.6 Å². The van der Waals surface area contributed by atoms with Crippen LogP contribution in [0.3, 0.4) is 0 Å². The molecular formula is C34H32N8O4. The minimum absolute atomic E-state index is 0.0972. The van der Waals surface area contributed by atoms with Gasteiger partial charge in [-0.05, 0) is 79.6 Å². The Hall–Kier alpha value is -5.52. The van der Waals surface area contributed by atoms with Gasteiger partial charge in [0.05, 0.1) is 5.52 Å². The zero-order valence-corrected chi connectivity index (χ0v) is 25.9. The normalized spacial score (nSPS) is 20.0. The van der Waals surface area contributed by atoms with E-state index in [9.17, 15) is 19.2 Å². The number of anilines is 1. The number of ketones is 1. The van der Waals surface area contributed by atoms with E-state index in [1.54, 1.807) is 64.7 Å². The Kier molecular flexibility index (Phi) is 6.87. The van der Waals surface area contributed by atoms with Crippen LogP contribution >= 0.6 is 0 Å². The first-order valence-electron chi connectivity index (χ1n) is 15.1. The molecule has 0 spiro atoms. The molecule has 2 fully saturated rings. The Labute approximate surface area is 264 Å². The number of aryl methyl sites for hydroxylation is 2. The topological polar surface area (TPSA) is 145 Å². The molecule has 1 saturated heterocycles. The summed E-state index contributed by atoms with van der Waals surface area (Å²) in [6, 6.07) is 11.4. The Bertz CT molecular complexity index is 2100. The van der Waals surface area contributed by atoms with Crippen LogP contribution in [0.5, 0.6) is 0 Å². The Balaban J connectivity index is 1.18. The standard InChI is InChI=1S/C34H32N8O4/c1-19-12-22(23-16-36-21(3)37-17-23)13-24-30(20(2)43)39-41(31(19)24)18-29(44)42-26(14-34(4)15-27(34)42)32(45)38-25-8-7-11-40(33(25)46)28-9-5-6-10-35-28/h5-13,16-17,26-27H,14-15,18H2,1-4H3,(H,38,45)/t26-,27+,34-/m0/s1. The third kappa shape index (κ3) is 4.95. The number of fused-ring (bicyclic) bond motifs is 2. The summed E-state index contributed by atoms with van der Waals surface area (Å²) in [5.74, 6) is 0.165. The number of nitrogens with one attached hydrogen (secondary N) is 1. The second-order valence-electron chi connectivity index (χ2n) is 12.4. The summed E-state index contributed by atoms with van der Waals surface area (Å²) in [5.41, 5.74) is 2.92. The number of benzene rings is 1. The monoisotopic (exact) mass is 616 g/mol. The second kappa shape index (κ2) is 10.8.